The number of nitrogens with one attached hydrogen (secondary N) is 2. The smallest absolute Gasteiger partial charge is 0.241 e. The van der Waals surface area contributed by atoms with Crippen molar-refractivity contribution in [3.8, 4) is 0 Å². The third-order valence-electron chi connectivity index (χ3n) is 4.09. The molecule has 0 amide bonds. The Morgan fingerprint density at radius 3 is 2.00 bits per heavy atom. The number of sulfonamides is 1. The quantitative estimate of drug-likeness (QED) is 0.902. The number of hydrogen-bond donors (Lipinski definition) is 2. The first-order valence-electron chi connectivity index (χ1n) is 6.66. The zero-order chi connectivity index (χ0) is 15.8. The van der Waals surface area contributed by atoms with E-state index in [9.17, 15) is 8.42 Å². The number of benzene rings is 1. The number of aromatic nitrogens is 3. The molecule has 114 valence electrons. The molecule has 0 spiro atoms. The average molecular weight is 308 g/mol. The number of aromatic amines is 1. The molecule has 2 rings (SSSR count). The van der Waals surface area contributed by atoms with Crippen LogP contribution in [0.25, 0.3) is 0 Å². The minimum absolute atomic E-state index is 0.0905. The Labute approximate surface area is 125 Å². The third-order valence-corrected chi connectivity index (χ3v) is 5.77. The topological polar surface area (TPSA) is 87.7 Å². The van der Waals surface area contributed by atoms with Crippen LogP contribution in [0.15, 0.2) is 11.2 Å². The number of nitrogens with zero attached hydrogens (tertiary/aromatic N) is 2. The molecule has 21 heavy (non-hydrogen) atoms. The first kappa shape index (κ1) is 15.7. The monoisotopic (exact) mass is 308 g/mol. The van der Waals surface area contributed by atoms with Crippen LogP contribution in [0.3, 0.4) is 0 Å². The van der Waals surface area contributed by atoms with Crippen LogP contribution in [-0.2, 0) is 16.6 Å². The van der Waals surface area contributed by atoms with Gasteiger partial charge < -0.3 is 0 Å². The molecule has 1 heterocycles. The summed E-state index contributed by atoms with van der Waals surface area (Å²) in [5.74, 6) is 0.481. The molecular formula is C14H20N4O2S. The molecule has 0 saturated carbocycles. The van der Waals surface area contributed by atoms with Crippen LogP contribution in [0, 0.1) is 34.6 Å². The highest BCUT2D eigenvalue weighted by Gasteiger charge is 2.23. The predicted octanol–water partition coefficient (Wildman–Crippen LogP) is 1.83. The first-order valence-corrected chi connectivity index (χ1v) is 8.15. The Balaban J connectivity index is 2.45. The summed E-state index contributed by atoms with van der Waals surface area (Å²) >= 11 is 0. The van der Waals surface area contributed by atoms with Gasteiger partial charge >= 0.3 is 0 Å². The molecule has 2 N–H and O–H groups in total. The fourth-order valence-corrected chi connectivity index (χ4v) is 4.00. The molecule has 7 heteroatoms. The van der Waals surface area contributed by atoms with E-state index in [1.807, 2.05) is 34.6 Å². The molecule has 1 aromatic heterocycles. The summed E-state index contributed by atoms with van der Waals surface area (Å²) in [6, 6.07) is 0. The minimum Gasteiger partial charge on any atom is -0.262 e. The van der Waals surface area contributed by atoms with Crippen molar-refractivity contribution < 1.29 is 8.42 Å². The van der Waals surface area contributed by atoms with Crippen LogP contribution >= 0.6 is 0 Å². The van der Waals surface area contributed by atoms with Gasteiger partial charge in [0.15, 0.2) is 0 Å². The molecule has 2 aromatic rings. The molecule has 6 nitrogen and oxygen atoms in total. The Morgan fingerprint density at radius 1 is 1.00 bits per heavy atom. The van der Waals surface area contributed by atoms with Crippen LogP contribution in [0.5, 0.6) is 0 Å². The van der Waals surface area contributed by atoms with E-state index in [0.717, 1.165) is 27.8 Å². The Bertz CT molecular complexity index is 736. The molecule has 0 aliphatic rings. The maximum atomic E-state index is 12.6. The van der Waals surface area contributed by atoms with Crippen LogP contribution in [0.1, 0.15) is 33.6 Å². The summed E-state index contributed by atoms with van der Waals surface area (Å²) in [5, 5.41) is 6.33. The minimum atomic E-state index is -3.60. The molecule has 0 fully saturated rings. The normalized spacial score (nSPS) is 11.9. The fraction of sp³-hybridized carbons (Fsp3) is 0.429. The van der Waals surface area contributed by atoms with Crippen LogP contribution in [0.4, 0.5) is 0 Å². The third kappa shape index (κ3) is 2.84. The van der Waals surface area contributed by atoms with Gasteiger partial charge in [0.25, 0.3) is 0 Å². The lowest BCUT2D eigenvalue weighted by atomic mass is 9.95. The van der Waals surface area contributed by atoms with Crippen molar-refractivity contribution in [3.63, 3.8) is 0 Å². The van der Waals surface area contributed by atoms with E-state index in [2.05, 4.69) is 19.9 Å². The van der Waals surface area contributed by atoms with Gasteiger partial charge in [-0.25, -0.2) is 18.1 Å². The molecular weight excluding hydrogens is 288 g/mol. The molecule has 1 aromatic carbocycles. The lowest BCUT2D eigenvalue weighted by Gasteiger charge is -2.18. The van der Waals surface area contributed by atoms with Gasteiger partial charge in [-0.1, -0.05) is 0 Å². The summed E-state index contributed by atoms with van der Waals surface area (Å²) in [4.78, 5) is 4.28. The Kier molecular flexibility index (Phi) is 4.15. The van der Waals surface area contributed by atoms with Crippen molar-refractivity contribution in [1.29, 1.82) is 0 Å². The molecule has 0 aliphatic heterocycles. The maximum Gasteiger partial charge on any atom is 0.241 e. The van der Waals surface area contributed by atoms with E-state index in [1.165, 1.54) is 6.33 Å². The molecule has 0 saturated heterocycles. The van der Waals surface area contributed by atoms with Crippen LogP contribution in [-0.4, -0.2) is 23.6 Å². The summed E-state index contributed by atoms with van der Waals surface area (Å²) in [5.41, 5.74) is 4.75. The van der Waals surface area contributed by atoms with Gasteiger partial charge in [-0.2, -0.15) is 5.10 Å². The SMILES string of the molecule is Cc1c(C)c(C)c(S(=O)(=O)NCc2ncn[nH]2)c(C)c1C. The molecule has 0 atom stereocenters. The first-order chi connectivity index (χ1) is 9.75. The van der Waals surface area contributed by atoms with Gasteiger partial charge in [-0.05, 0) is 62.4 Å². The number of H-pyrrole nitrogens is 1. The van der Waals surface area contributed by atoms with Gasteiger partial charge in [-0.3, -0.25) is 5.10 Å². The highest BCUT2D eigenvalue weighted by Crippen LogP contribution is 2.29. The lowest BCUT2D eigenvalue weighted by Crippen LogP contribution is -2.26. The van der Waals surface area contributed by atoms with Crippen molar-refractivity contribution in [2.45, 2.75) is 46.1 Å². The second-order valence-corrected chi connectivity index (χ2v) is 6.91. The zero-order valence-corrected chi connectivity index (χ0v) is 13.7. The number of hydrogen-bond acceptors (Lipinski definition) is 4. The summed E-state index contributed by atoms with van der Waals surface area (Å²) in [6.07, 6.45) is 1.35. The molecule has 0 bridgehead atoms. The van der Waals surface area contributed by atoms with E-state index < -0.39 is 10.0 Å². The van der Waals surface area contributed by atoms with Crippen molar-refractivity contribution in [2.75, 3.05) is 0 Å². The van der Waals surface area contributed by atoms with Gasteiger partial charge in [0.05, 0.1) is 11.4 Å². The zero-order valence-electron chi connectivity index (χ0n) is 12.9. The van der Waals surface area contributed by atoms with Crippen LogP contribution < -0.4 is 4.72 Å². The number of rotatable bonds is 4. The average Bonchev–Trinajstić information content (AvgIpc) is 2.94. The van der Waals surface area contributed by atoms with E-state index >= 15 is 0 Å². The lowest BCUT2D eigenvalue weighted by molar-refractivity contribution is 0.577. The summed E-state index contributed by atoms with van der Waals surface area (Å²) in [7, 11) is -3.60. The molecule has 0 radical (unpaired) electrons. The highest BCUT2D eigenvalue weighted by molar-refractivity contribution is 7.89. The second-order valence-electron chi connectivity index (χ2n) is 5.21. The van der Waals surface area contributed by atoms with E-state index in [4.69, 9.17) is 0 Å². The standard InChI is InChI=1S/C14H20N4O2S/c1-8-9(2)11(4)14(12(5)10(8)3)21(19,20)17-6-13-15-7-16-18-13/h7,17H,6H2,1-5H3,(H,15,16,18). The van der Waals surface area contributed by atoms with Crippen molar-refractivity contribution in [3.05, 3.63) is 40.0 Å². The van der Waals surface area contributed by atoms with Gasteiger partial charge in [0, 0.05) is 0 Å². The van der Waals surface area contributed by atoms with Gasteiger partial charge in [-0.15, -0.1) is 0 Å². The van der Waals surface area contributed by atoms with E-state index in [0.29, 0.717) is 10.7 Å². The molecule has 0 aliphatic carbocycles. The van der Waals surface area contributed by atoms with Crippen molar-refractivity contribution in [2.24, 2.45) is 0 Å². The van der Waals surface area contributed by atoms with E-state index in [-0.39, 0.29) is 6.54 Å². The van der Waals surface area contributed by atoms with E-state index in [1.54, 1.807) is 0 Å². The van der Waals surface area contributed by atoms with Gasteiger partial charge in [0.2, 0.25) is 10.0 Å². The van der Waals surface area contributed by atoms with Crippen LogP contribution in [0.2, 0.25) is 0 Å². The summed E-state index contributed by atoms with van der Waals surface area (Å²) < 4.78 is 27.8. The van der Waals surface area contributed by atoms with Gasteiger partial charge in [0.1, 0.15) is 12.2 Å². The van der Waals surface area contributed by atoms with Crippen molar-refractivity contribution >= 4 is 10.0 Å². The van der Waals surface area contributed by atoms with Crippen molar-refractivity contribution in [1.82, 2.24) is 19.9 Å². The predicted molar refractivity (Wildman–Crippen MR) is 80.5 cm³/mol. The fourth-order valence-electron chi connectivity index (χ4n) is 2.42. The second kappa shape index (κ2) is 5.57. The summed E-state index contributed by atoms with van der Waals surface area (Å²) in [6.45, 7) is 9.70. The highest BCUT2D eigenvalue weighted by atomic mass is 32.2. The Hall–Kier alpha value is -1.73. The largest absolute Gasteiger partial charge is 0.262 e. The Morgan fingerprint density at radius 2 is 1.52 bits per heavy atom. The maximum absolute atomic E-state index is 12.6. The molecule has 0 unspecified atom stereocenters.